The van der Waals surface area contributed by atoms with Crippen LogP contribution in [0.2, 0.25) is 0 Å². The summed E-state index contributed by atoms with van der Waals surface area (Å²) in [6, 6.07) is 5.90. The van der Waals surface area contributed by atoms with Crippen LogP contribution in [-0.2, 0) is 29.9 Å². The van der Waals surface area contributed by atoms with E-state index < -0.39 is 11.6 Å². The summed E-state index contributed by atoms with van der Waals surface area (Å²) in [4.78, 5) is 16.4. The average molecular weight is 439 g/mol. The standard InChI is InChI=1S/C20H27BrN2O4/c1-5-7-16-22-18(20(3,4)26)17(19(24)25)23(16)11-13-8-9-15(21)14(10-13)12-27-6-2/h8-10,26H,5-7,11-12H2,1-4H3,(H,24,25). The third kappa shape index (κ3) is 5.18. The Kier molecular flexibility index (Phi) is 7.19. The van der Waals surface area contributed by atoms with Crippen LogP contribution >= 0.6 is 15.9 Å². The average Bonchev–Trinajstić information content (AvgIpc) is 2.94. The Morgan fingerprint density at radius 1 is 1.33 bits per heavy atom. The first-order chi connectivity index (χ1) is 12.7. The highest BCUT2D eigenvalue weighted by Crippen LogP contribution is 2.27. The number of benzene rings is 1. The van der Waals surface area contributed by atoms with Crippen molar-refractivity contribution in [2.24, 2.45) is 0 Å². The van der Waals surface area contributed by atoms with Crippen LogP contribution in [0.1, 0.15) is 67.2 Å². The van der Waals surface area contributed by atoms with Crippen molar-refractivity contribution in [3.8, 4) is 0 Å². The molecule has 0 saturated carbocycles. The van der Waals surface area contributed by atoms with Gasteiger partial charge in [0.25, 0.3) is 0 Å². The minimum atomic E-state index is -1.33. The van der Waals surface area contributed by atoms with Gasteiger partial charge >= 0.3 is 5.97 Å². The first kappa shape index (κ1) is 21.6. The van der Waals surface area contributed by atoms with Crippen molar-refractivity contribution in [1.29, 1.82) is 0 Å². The molecule has 1 heterocycles. The van der Waals surface area contributed by atoms with Crippen molar-refractivity contribution in [1.82, 2.24) is 9.55 Å². The van der Waals surface area contributed by atoms with Gasteiger partial charge in [0.1, 0.15) is 17.1 Å². The van der Waals surface area contributed by atoms with E-state index in [0.29, 0.717) is 32.0 Å². The number of aromatic carboxylic acids is 1. The molecule has 0 amide bonds. The van der Waals surface area contributed by atoms with Crippen LogP contribution in [0.5, 0.6) is 0 Å². The highest BCUT2D eigenvalue weighted by atomic mass is 79.9. The van der Waals surface area contributed by atoms with Gasteiger partial charge in [0.15, 0.2) is 5.69 Å². The molecule has 2 aromatic rings. The number of nitrogens with zero attached hydrogens (tertiary/aromatic N) is 2. The Balaban J connectivity index is 2.51. The fraction of sp³-hybridized carbons (Fsp3) is 0.500. The third-order valence-corrected chi connectivity index (χ3v) is 4.99. The lowest BCUT2D eigenvalue weighted by Crippen LogP contribution is -2.22. The SMILES string of the molecule is CCCc1nc(C(C)(C)O)c(C(=O)O)n1Cc1ccc(Br)c(COCC)c1. The molecule has 0 fully saturated rings. The lowest BCUT2D eigenvalue weighted by molar-refractivity contribution is 0.0602. The minimum absolute atomic E-state index is 0.0419. The summed E-state index contributed by atoms with van der Waals surface area (Å²) in [5, 5.41) is 20.2. The predicted octanol–water partition coefficient (Wildman–Crippen LogP) is 4.11. The van der Waals surface area contributed by atoms with Crippen LogP contribution in [0.4, 0.5) is 0 Å². The lowest BCUT2D eigenvalue weighted by Gasteiger charge is -2.16. The van der Waals surface area contributed by atoms with Gasteiger partial charge in [0.2, 0.25) is 0 Å². The summed E-state index contributed by atoms with van der Waals surface area (Å²) in [7, 11) is 0. The van der Waals surface area contributed by atoms with Gasteiger partial charge < -0.3 is 19.5 Å². The summed E-state index contributed by atoms with van der Waals surface area (Å²) in [6.07, 6.45) is 1.47. The van der Waals surface area contributed by atoms with E-state index in [1.165, 1.54) is 0 Å². The normalized spacial score (nSPS) is 11.8. The number of hydrogen-bond acceptors (Lipinski definition) is 4. The van der Waals surface area contributed by atoms with E-state index >= 15 is 0 Å². The van der Waals surface area contributed by atoms with Crippen LogP contribution in [0.25, 0.3) is 0 Å². The van der Waals surface area contributed by atoms with Crippen LogP contribution in [0.3, 0.4) is 0 Å². The van der Waals surface area contributed by atoms with E-state index in [0.717, 1.165) is 22.0 Å². The van der Waals surface area contributed by atoms with E-state index in [2.05, 4.69) is 20.9 Å². The Labute approximate surface area is 168 Å². The molecule has 0 aliphatic rings. The number of aromatic nitrogens is 2. The van der Waals surface area contributed by atoms with Gasteiger partial charge in [-0.05, 0) is 44.4 Å². The molecule has 148 valence electrons. The smallest absolute Gasteiger partial charge is 0.354 e. The van der Waals surface area contributed by atoms with E-state index in [4.69, 9.17) is 4.74 Å². The summed E-state index contributed by atoms with van der Waals surface area (Å²) in [5.41, 5.74) is 0.866. The van der Waals surface area contributed by atoms with Crippen molar-refractivity contribution in [3.05, 3.63) is 51.0 Å². The topological polar surface area (TPSA) is 84.6 Å². The van der Waals surface area contributed by atoms with Crippen molar-refractivity contribution in [3.63, 3.8) is 0 Å². The van der Waals surface area contributed by atoms with Gasteiger partial charge in [-0.1, -0.05) is 35.0 Å². The second-order valence-corrected chi connectivity index (χ2v) is 7.84. The van der Waals surface area contributed by atoms with Gasteiger partial charge in [-0.15, -0.1) is 0 Å². The molecule has 0 unspecified atom stereocenters. The number of carbonyl (C=O) groups is 1. The number of hydrogen-bond donors (Lipinski definition) is 2. The molecule has 7 heteroatoms. The molecule has 1 aromatic heterocycles. The molecule has 6 nitrogen and oxygen atoms in total. The maximum absolute atomic E-state index is 12.0. The zero-order valence-electron chi connectivity index (χ0n) is 16.3. The van der Waals surface area contributed by atoms with E-state index in [1.807, 2.05) is 32.0 Å². The zero-order valence-corrected chi connectivity index (χ0v) is 17.8. The molecule has 0 aliphatic carbocycles. The number of aliphatic hydroxyl groups is 1. The van der Waals surface area contributed by atoms with Gasteiger partial charge in [-0.2, -0.15) is 0 Å². The van der Waals surface area contributed by atoms with Crippen molar-refractivity contribution in [2.45, 2.75) is 59.3 Å². The van der Waals surface area contributed by atoms with Crippen LogP contribution < -0.4 is 0 Å². The zero-order chi connectivity index (χ0) is 20.2. The summed E-state index contributed by atoms with van der Waals surface area (Å²) in [6.45, 7) is 8.55. The van der Waals surface area contributed by atoms with Crippen molar-refractivity contribution in [2.75, 3.05) is 6.61 Å². The maximum Gasteiger partial charge on any atom is 0.354 e. The molecule has 0 saturated heterocycles. The Morgan fingerprint density at radius 3 is 2.59 bits per heavy atom. The fourth-order valence-electron chi connectivity index (χ4n) is 2.96. The van der Waals surface area contributed by atoms with Gasteiger partial charge in [-0.25, -0.2) is 9.78 Å². The molecular formula is C20H27BrN2O4. The monoisotopic (exact) mass is 438 g/mol. The minimum Gasteiger partial charge on any atom is -0.477 e. The first-order valence-electron chi connectivity index (χ1n) is 9.09. The number of carboxylic acid groups (broad SMARTS) is 1. The first-order valence-corrected chi connectivity index (χ1v) is 9.88. The third-order valence-electron chi connectivity index (χ3n) is 4.21. The molecule has 27 heavy (non-hydrogen) atoms. The van der Waals surface area contributed by atoms with Gasteiger partial charge in [-0.3, -0.25) is 0 Å². The van der Waals surface area contributed by atoms with Crippen LogP contribution in [-0.4, -0.2) is 32.3 Å². The summed E-state index contributed by atoms with van der Waals surface area (Å²) in [5.74, 6) is -0.421. The molecule has 0 aliphatic heterocycles. The highest BCUT2D eigenvalue weighted by Gasteiger charge is 2.31. The Bertz CT molecular complexity index is 809. The predicted molar refractivity (Wildman–Crippen MR) is 107 cm³/mol. The van der Waals surface area contributed by atoms with Crippen LogP contribution in [0, 0.1) is 0 Å². The van der Waals surface area contributed by atoms with Crippen molar-refractivity contribution < 1.29 is 19.7 Å². The largest absolute Gasteiger partial charge is 0.477 e. The van der Waals surface area contributed by atoms with E-state index in [1.54, 1.807) is 18.4 Å². The highest BCUT2D eigenvalue weighted by molar-refractivity contribution is 9.10. The molecule has 0 bridgehead atoms. The van der Waals surface area contributed by atoms with Gasteiger partial charge in [0.05, 0.1) is 6.61 Å². The molecular weight excluding hydrogens is 412 g/mol. The molecule has 0 radical (unpaired) electrons. The molecule has 0 spiro atoms. The van der Waals surface area contributed by atoms with E-state index in [-0.39, 0.29) is 11.4 Å². The van der Waals surface area contributed by atoms with E-state index in [9.17, 15) is 15.0 Å². The second kappa shape index (κ2) is 8.99. The molecule has 1 aromatic carbocycles. The van der Waals surface area contributed by atoms with Crippen LogP contribution in [0.15, 0.2) is 22.7 Å². The van der Waals surface area contributed by atoms with Gasteiger partial charge in [0, 0.05) is 24.0 Å². The number of carboxylic acids is 1. The second-order valence-electron chi connectivity index (χ2n) is 6.99. The Morgan fingerprint density at radius 2 is 2.04 bits per heavy atom. The quantitative estimate of drug-likeness (QED) is 0.615. The van der Waals surface area contributed by atoms with Crippen molar-refractivity contribution >= 4 is 21.9 Å². The number of halogens is 1. The number of ether oxygens (including phenoxy) is 1. The number of aryl methyl sites for hydroxylation is 1. The molecule has 2 rings (SSSR count). The molecule has 0 atom stereocenters. The number of rotatable bonds is 9. The summed E-state index contributed by atoms with van der Waals surface area (Å²) < 4.78 is 8.16. The number of imidazole rings is 1. The fourth-order valence-corrected chi connectivity index (χ4v) is 3.32. The Hall–Kier alpha value is -1.70. The lowest BCUT2D eigenvalue weighted by atomic mass is 10.0. The molecule has 2 N–H and O–H groups in total. The maximum atomic E-state index is 12.0. The summed E-state index contributed by atoms with van der Waals surface area (Å²) >= 11 is 3.53.